The predicted molar refractivity (Wildman–Crippen MR) is 82.4 cm³/mol. The number of carbonyl (C=O) groups is 2. The number of hydrogen-bond acceptors (Lipinski definition) is 2. The van der Waals surface area contributed by atoms with E-state index in [0.717, 1.165) is 12.8 Å². The summed E-state index contributed by atoms with van der Waals surface area (Å²) < 4.78 is 0. The summed E-state index contributed by atoms with van der Waals surface area (Å²) in [5, 5.41) is 17.4. The van der Waals surface area contributed by atoms with Gasteiger partial charge in [-0.05, 0) is 6.42 Å². The standard InChI is InChI=1S/C15H28O4.Li.H/c1-2-3-4-5-6-7-8-9-10-11-12-13(14(16)17)15(18)19;;/h13H,2-12H2,1H3,(H,16,17)(H,18,19);;. The fraction of sp³-hybridized carbons (Fsp3) is 0.867. The first-order valence-corrected chi connectivity index (χ1v) is 7.55. The summed E-state index contributed by atoms with van der Waals surface area (Å²) in [6.45, 7) is 2.21. The molecule has 0 saturated heterocycles. The average molecular weight is 280 g/mol. The normalized spacial score (nSPS) is 10.3. The van der Waals surface area contributed by atoms with Crippen LogP contribution in [0.25, 0.3) is 0 Å². The fourth-order valence-corrected chi connectivity index (χ4v) is 2.19. The van der Waals surface area contributed by atoms with Crippen LogP contribution in [0.5, 0.6) is 0 Å². The van der Waals surface area contributed by atoms with Crippen molar-refractivity contribution >= 4 is 30.8 Å². The van der Waals surface area contributed by atoms with Gasteiger partial charge in [0.25, 0.3) is 0 Å². The molecule has 0 aromatic heterocycles. The Bertz CT molecular complexity index is 242. The Labute approximate surface area is 134 Å². The molecule has 0 aromatic carbocycles. The molecule has 0 amide bonds. The van der Waals surface area contributed by atoms with E-state index in [-0.39, 0.29) is 25.3 Å². The van der Waals surface area contributed by atoms with Gasteiger partial charge in [-0.15, -0.1) is 0 Å². The van der Waals surface area contributed by atoms with E-state index >= 15 is 0 Å². The van der Waals surface area contributed by atoms with E-state index in [0.29, 0.717) is 6.42 Å². The van der Waals surface area contributed by atoms with Crippen molar-refractivity contribution in [3.05, 3.63) is 0 Å². The first-order chi connectivity index (χ1) is 9.09. The second kappa shape index (κ2) is 14.9. The molecule has 4 nitrogen and oxygen atoms in total. The Morgan fingerprint density at radius 1 is 0.750 bits per heavy atom. The number of aliphatic carboxylic acids is 2. The molecule has 0 spiro atoms. The molecule has 0 bridgehead atoms. The third-order valence-electron chi connectivity index (χ3n) is 3.44. The van der Waals surface area contributed by atoms with Crippen molar-refractivity contribution in [2.45, 2.75) is 77.6 Å². The van der Waals surface area contributed by atoms with Gasteiger partial charge >= 0.3 is 30.8 Å². The van der Waals surface area contributed by atoms with Crippen LogP contribution in [0.15, 0.2) is 0 Å². The molecule has 20 heavy (non-hydrogen) atoms. The molecule has 0 saturated carbocycles. The number of unbranched alkanes of at least 4 members (excludes halogenated alkanes) is 9. The van der Waals surface area contributed by atoms with Crippen LogP contribution in [0.3, 0.4) is 0 Å². The van der Waals surface area contributed by atoms with Gasteiger partial charge in [0.1, 0.15) is 0 Å². The van der Waals surface area contributed by atoms with Gasteiger partial charge in [-0.1, -0.05) is 71.1 Å². The summed E-state index contributed by atoms with van der Waals surface area (Å²) in [5.41, 5.74) is 0. The molecular weight excluding hydrogens is 251 g/mol. The van der Waals surface area contributed by atoms with Gasteiger partial charge in [0.2, 0.25) is 0 Å². The molecule has 0 aliphatic carbocycles. The van der Waals surface area contributed by atoms with Crippen molar-refractivity contribution < 1.29 is 19.8 Å². The van der Waals surface area contributed by atoms with Crippen molar-refractivity contribution in [1.29, 1.82) is 0 Å². The summed E-state index contributed by atoms with van der Waals surface area (Å²) in [6, 6.07) is 0. The molecule has 0 aliphatic rings. The molecular formula is C15H29LiO4. The molecule has 114 valence electrons. The van der Waals surface area contributed by atoms with Crippen LogP contribution in [-0.4, -0.2) is 41.0 Å². The second-order valence-corrected chi connectivity index (χ2v) is 5.20. The summed E-state index contributed by atoms with van der Waals surface area (Å²) >= 11 is 0. The van der Waals surface area contributed by atoms with Gasteiger partial charge in [0, 0.05) is 0 Å². The first kappa shape index (κ1) is 21.8. The topological polar surface area (TPSA) is 74.6 Å². The van der Waals surface area contributed by atoms with Crippen molar-refractivity contribution in [1.82, 2.24) is 0 Å². The molecule has 0 aromatic rings. The zero-order valence-electron chi connectivity index (χ0n) is 12.1. The van der Waals surface area contributed by atoms with Gasteiger partial charge in [-0.25, -0.2) is 0 Å². The van der Waals surface area contributed by atoms with Crippen LogP contribution in [0, 0.1) is 5.92 Å². The van der Waals surface area contributed by atoms with E-state index in [4.69, 9.17) is 10.2 Å². The van der Waals surface area contributed by atoms with Crippen molar-refractivity contribution in [2.24, 2.45) is 5.92 Å². The summed E-state index contributed by atoms with van der Waals surface area (Å²) in [5.74, 6) is -3.67. The van der Waals surface area contributed by atoms with Crippen LogP contribution in [0.4, 0.5) is 0 Å². The van der Waals surface area contributed by atoms with Gasteiger partial charge in [0.05, 0.1) is 0 Å². The number of carboxylic acid groups (broad SMARTS) is 2. The minimum absolute atomic E-state index is 0. The number of rotatable bonds is 13. The van der Waals surface area contributed by atoms with E-state index < -0.39 is 17.9 Å². The van der Waals surface area contributed by atoms with Gasteiger partial charge in [0.15, 0.2) is 5.92 Å². The molecule has 2 N–H and O–H groups in total. The Balaban J connectivity index is 0. The summed E-state index contributed by atoms with van der Waals surface area (Å²) in [4.78, 5) is 21.3. The van der Waals surface area contributed by atoms with Crippen molar-refractivity contribution in [3.63, 3.8) is 0 Å². The van der Waals surface area contributed by atoms with Crippen molar-refractivity contribution in [2.75, 3.05) is 0 Å². The average Bonchev–Trinajstić information content (AvgIpc) is 2.35. The Kier molecular flexibility index (Phi) is 16.3. The second-order valence-electron chi connectivity index (χ2n) is 5.20. The summed E-state index contributed by atoms with van der Waals surface area (Å²) in [7, 11) is 0. The quantitative estimate of drug-likeness (QED) is 0.308. The minimum atomic E-state index is -1.23. The molecule has 0 fully saturated rings. The first-order valence-electron chi connectivity index (χ1n) is 7.55. The molecule has 0 aliphatic heterocycles. The van der Waals surface area contributed by atoms with Crippen molar-refractivity contribution in [3.8, 4) is 0 Å². The fourth-order valence-electron chi connectivity index (χ4n) is 2.19. The Morgan fingerprint density at radius 2 is 1.10 bits per heavy atom. The molecule has 0 rings (SSSR count). The third kappa shape index (κ3) is 12.6. The third-order valence-corrected chi connectivity index (χ3v) is 3.44. The predicted octanol–water partition coefficient (Wildman–Crippen LogP) is 3.43. The van der Waals surface area contributed by atoms with Gasteiger partial charge in [-0.2, -0.15) is 0 Å². The molecule has 0 heterocycles. The van der Waals surface area contributed by atoms with E-state index in [1.54, 1.807) is 0 Å². The maximum absolute atomic E-state index is 10.7. The van der Waals surface area contributed by atoms with Crippen LogP contribution in [0.2, 0.25) is 0 Å². The Morgan fingerprint density at radius 3 is 1.45 bits per heavy atom. The monoisotopic (exact) mass is 280 g/mol. The van der Waals surface area contributed by atoms with Crippen LogP contribution >= 0.6 is 0 Å². The zero-order valence-corrected chi connectivity index (χ0v) is 12.1. The van der Waals surface area contributed by atoms with Crippen LogP contribution in [-0.2, 0) is 9.59 Å². The summed E-state index contributed by atoms with van der Waals surface area (Å²) in [6.07, 6.45) is 11.9. The van der Waals surface area contributed by atoms with E-state index in [2.05, 4.69) is 6.92 Å². The van der Waals surface area contributed by atoms with Gasteiger partial charge < -0.3 is 10.2 Å². The zero-order chi connectivity index (χ0) is 14.5. The molecule has 0 atom stereocenters. The van der Waals surface area contributed by atoms with Crippen LogP contribution < -0.4 is 0 Å². The van der Waals surface area contributed by atoms with E-state index in [1.807, 2.05) is 0 Å². The van der Waals surface area contributed by atoms with Gasteiger partial charge in [-0.3, -0.25) is 9.59 Å². The molecule has 0 radical (unpaired) electrons. The van der Waals surface area contributed by atoms with E-state index in [1.165, 1.54) is 44.9 Å². The SMILES string of the molecule is CCCCCCCCCCCCC(C(=O)O)C(=O)O.[LiH]. The molecule has 5 heteroatoms. The van der Waals surface area contributed by atoms with E-state index in [9.17, 15) is 9.59 Å². The molecule has 0 unspecified atom stereocenters. The van der Waals surface area contributed by atoms with Crippen LogP contribution in [0.1, 0.15) is 77.6 Å². The Hall–Kier alpha value is -0.463. The number of carboxylic acids is 2. The maximum atomic E-state index is 10.7. The number of hydrogen-bond donors (Lipinski definition) is 2.